The zero-order chi connectivity index (χ0) is 12.9. The van der Waals surface area contributed by atoms with Crippen molar-refractivity contribution < 1.29 is 25.8 Å². The second-order valence-electron chi connectivity index (χ2n) is 3.06. The van der Waals surface area contributed by atoms with E-state index in [1.54, 1.807) is 30.3 Å². The van der Waals surface area contributed by atoms with Gasteiger partial charge in [0.15, 0.2) is 0 Å². The third-order valence-corrected chi connectivity index (χ3v) is 2.69. The maximum absolute atomic E-state index is 11.8. The van der Waals surface area contributed by atoms with Crippen LogP contribution in [0.1, 0.15) is 5.56 Å². The average Bonchev–Trinajstić information content (AvgIpc) is 2.24. The number of benzene rings is 1. The summed E-state index contributed by atoms with van der Waals surface area (Å²) in [5, 5.41) is 0. The van der Waals surface area contributed by atoms with E-state index >= 15 is 0 Å². The van der Waals surface area contributed by atoms with Gasteiger partial charge in [-0.1, -0.05) is 30.3 Å². The summed E-state index contributed by atoms with van der Waals surface area (Å²) in [6.07, 6.45) is 2.00. The minimum absolute atomic E-state index is 0.286. The second kappa shape index (κ2) is 5.22. The van der Waals surface area contributed by atoms with Crippen molar-refractivity contribution in [2.24, 2.45) is 0 Å². The van der Waals surface area contributed by atoms with E-state index in [0.717, 1.165) is 5.56 Å². The topological polar surface area (TPSA) is 43.4 Å². The molecule has 0 N–H and O–H groups in total. The van der Waals surface area contributed by atoms with E-state index in [4.69, 9.17) is 0 Å². The van der Waals surface area contributed by atoms with E-state index < -0.39 is 15.6 Å². The van der Waals surface area contributed by atoms with Crippen LogP contribution < -0.4 is 0 Å². The van der Waals surface area contributed by atoms with Crippen LogP contribution in [0.15, 0.2) is 42.7 Å². The van der Waals surface area contributed by atoms with Crippen molar-refractivity contribution in [1.29, 1.82) is 0 Å². The van der Waals surface area contributed by atoms with Crippen molar-refractivity contribution in [1.82, 2.24) is 0 Å². The predicted octanol–water partition coefficient (Wildman–Crippen LogP) is 2.61. The fourth-order valence-corrected chi connectivity index (χ4v) is 1.30. The summed E-state index contributed by atoms with van der Waals surface area (Å²) in [5.41, 5.74) is -4.57. The minimum atomic E-state index is -5.54. The lowest BCUT2D eigenvalue weighted by Gasteiger charge is -2.05. The molecule has 0 bridgehead atoms. The molecule has 0 amide bonds. The number of alkyl halides is 3. The SMILES string of the molecule is O=S(=O)(O/C=C/Cc1ccccc1)C(F)(F)F. The lowest BCUT2D eigenvalue weighted by Crippen LogP contribution is -2.23. The van der Waals surface area contributed by atoms with E-state index in [1.807, 2.05) is 0 Å². The molecule has 3 nitrogen and oxygen atoms in total. The highest BCUT2D eigenvalue weighted by molar-refractivity contribution is 7.87. The molecule has 1 rings (SSSR count). The fraction of sp³-hybridized carbons (Fsp3) is 0.200. The molecule has 0 aromatic heterocycles. The van der Waals surface area contributed by atoms with Crippen molar-refractivity contribution >= 4 is 10.1 Å². The number of rotatable bonds is 4. The van der Waals surface area contributed by atoms with Gasteiger partial charge in [-0.2, -0.15) is 21.6 Å². The van der Waals surface area contributed by atoms with Crippen LogP contribution in [0.25, 0.3) is 0 Å². The summed E-state index contributed by atoms with van der Waals surface area (Å²) in [4.78, 5) is 0. The first-order valence-electron chi connectivity index (χ1n) is 4.51. The molecule has 1 aromatic carbocycles. The molecule has 0 aliphatic rings. The molecular weight excluding hydrogens is 257 g/mol. The van der Waals surface area contributed by atoms with Gasteiger partial charge in [0.05, 0.1) is 0 Å². The summed E-state index contributed by atoms with van der Waals surface area (Å²) in [7, 11) is -5.54. The monoisotopic (exact) mass is 266 g/mol. The van der Waals surface area contributed by atoms with E-state index in [9.17, 15) is 21.6 Å². The summed E-state index contributed by atoms with van der Waals surface area (Å²) in [6, 6.07) is 8.82. The van der Waals surface area contributed by atoms with Crippen LogP contribution in [-0.2, 0) is 20.7 Å². The Morgan fingerprint density at radius 3 is 2.29 bits per heavy atom. The lowest BCUT2D eigenvalue weighted by atomic mass is 10.2. The quantitative estimate of drug-likeness (QED) is 0.478. The van der Waals surface area contributed by atoms with E-state index in [0.29, 0.717) is 6.26 Å². The average molecular weight is 266 g/mol. The largest absolute Gasteiger partial charge is 0.534 e. The maximum Gasteiger partial charge on any atom is 0.534 e. The Balaban J connectivity index is 2.53. The molecule has 94 valence electrons. The number of hydrogen-bond donors (Lipinski definition) is 0. The van der Waals surface area contributed by atoms with Crippen molar-refractivity contribution in [2.45, 2.75) is 11.9 Å². The molecule has 0 unspecified atom stereocenters. The standard InChI is InChI=1S/C10H9F3O3S/c11-10(12,13)17(14,15)16-8-4-7-9-5-2-1-3-6-9/h1-6,8H,7H2/b8-4+. The highest BCUT2D eigenvalue weighted by Crippen LogP contribution is 2.24. The Bertz CT molecular complexity index is 477. The molecule has 0 saturated carbocycles. The minimum Gasteiger partial charge on any atom is -0.384 e. The van der Waals surface area contributed by atoms with Gasteiger partial charge in [-0.05, 0) is 18.1 Å². The zero-order valence-electron chi connectivity index (χ0n) is 8.52. The van der Waals surface area contributed by atoms with E-state index in [-0.39, 0.29) is 6.42 Å². The van der Waals surface area contributed by atoms with Crippen LogP contribution in [0, 0.1) is 0 Å². The van der Waals surface area contributed by atoms with Crippen molar-refractivity contribution in [3.8, 4) is 0 Å². The van der Waals surface area contributed by atoms with Crippen LogP contribution in [0.4, 0.5) is 13.2 Å². The van der Waals surface area contributed by atoms with Crippen molar-refractivity contribution in [2.75, 3.05) is 0 Å². The molecule has 0 atom stereocenters. The first kappa shape index (κ1) is 13.6. The van der Waals surface area contributed by atoms with Gasteiger partial charge in [0.1, 0.15) is 6.26 Å². The molecule has 0 radical (unpaired) electrons. The van der Waals surface area contributed by atoms with E-state index in [2.05, 4.69) is 4.18 Å². The Morgan fingerprint density at radius 1 is 1.18 bits per heavy atom. The summed E-state index contributed by atoms with van der Waals surface area (Å²) < 4.78 is 60.1. The van der Waals surface area contributed by atoms with Crippen LogP contribution in [0.5, 0.6) is 0 Å². The van der Waals surface area contributed by atoms with Gasteiger partial charge in [0.25, 0.3) is 0 Å². The van der Waals surface area contributed by atoms with Crippen LogP contribution in [0.2, 0.25) is 0 Å². The van der Waals surface area contributed by atoms with Gasteiger partial charge in [-0.3, -0.25) is 0 Å². The van der Waals surface area contributed by atoms with Crippen LogP contribution >= 0.6 is 0 Å². The molecule has 0 fully saturated rings. The summed E-state index contributed by atoms with van der Waals surface area (Å²) >= 11 is 0. The molecule has 7 heteroatoms. The maximum atomic E-state index is 11.8. The Hall–Kier alpha value is -1.50. The Morgan fingerprint density at radius 2 is 1.76 bits per heavy atom. The molecule has 17 heavy (non-hydrogen) atoms. The van der Waals surface area contributed by atoms with Gasteiger partial charge in [-0.25, -0.2) is 0 Å². The smallest absolute Gasteiger partial charge is 0.384 e. The highest BCUT2D eigenvalue weighted by Gasteiger charge is 2.47. The molecule has 0 heterocycles. The van der Waals surface area contributed by atoms with Crippen molar-refractivity contribution in [3.63, 3.8) is 0 Å². The third kappa shape index (κ3) is 4.10. The molecule has 1 aromatic rings. The van der Waals surface area contributed by atoms with E-state index in [1.165, 1.54) is 6.08 Å². The molecule has 0 aliphatic heterocycles. The first-order valence-corrected chi connectivity index (χ1v) is 5.92. The fourth-order valence-electron chi connectivity index (χ4n) is 0.965. The second-order valence-corrected chi connectivity index (χ2v) is 4.62. The van der Waals surface area contributed by atoms with Crippen LogP contribution in [-0.4, -0.2) is 13.9 Å². The van der Waals surface area contributed by atoms with Gasteiger partial charge in [-0.15, -0.1) is 0 Å². The number of allylic oxidation sites excluding steroid dienone is 1. The number of hydrogen-bond acceptors (Lipinski definition) is 3. The molecule has 0 saturated heterocycles. The molecule has 0 aliphatic carbocycles. The Kier molecular flexibility index (Phi) is 4.17. The predicted molar refractivity (Wildman–Crippen MR) is 55.3 cm³/mol. The lowest BCUT2D eigenvalue weighted by molar-refractivity contribution is -0.0515. The molecule has 0 spiro atoms. The van der Waals surface area contributed by atoms with Gasteiger partial charge >= 0.3 is 15.6 Å². The van der Waals surface area contributed by atoms with Crippen LogP contribution in [0.3, 0.4) is 0 Å². The zero-order valence-corrected chi connectivity index (χ0v) is 9.33. The summed E-state index contributed by atoms with van der Waals surface area (Å²) in [5.74, 6) is 0. The molecular formula is C10H9F3O3S. The third-order valence-electron chi connectivity index (χ3n) is 1.76. The first-order chi connectivity index (χ1) is 7.83. The van der Waals surface area contributed by atoms with Gasteiger partial charge < -0.3 is 4.18 Å². The number of halogens is 3. The van der Waals surface area contributed by atoms with Gasteiger partial charge in [0.2, 0.25) is 0 Å². The Labute approximate surface area is 96.6 Å². The van der Waals surface area contributed by atoms with Gasteiger partial charge in [0, 0.05) is 0 Å². The van der Waals surface area contributed by atoms with Crippen molar-refractivity contribution in [3.05, 3.63) is 48.2 Å². The highest BCUT2D eigenvalue weighted by atomic mass is 32.2. The summed E-state index contributed by atoms with van der Waals surface area (Å²) in [6.45, 7) is 0. The normalized spacial score (nSPS) is 12.9.